The summed E-state index contributed by atoms with van der Waals surface area (Å²) in [5, 5.41) is 8.80. The number of nitrogens with zero attached hydrogens (tertiary/aromatic N) is 4. The second-order valence-electron chi connectivity index (χ2n) is 6.97. The lowest BCUT2D eigenvalue weighted by Crippen LogP contribution is -2.24. The molecular weight excluding hydrogens is 384 g/mol. The van der Waals surface area contributed by atoms with Crippen LogP contribution in [0.5, 0.6) is 5.75 Å². The molecule has 4 aromatic rings. The molecule has 0 radical (unpaired) electrons. The van der Waals surface area contributed by atoms with E-state index in [0.29, 0.717) is 5.76 Å². The molecule has 1 aliphatic heterocycles. The van der Waals surface area contributed by atoms with Crippen molar-refractivity contribution in [3.8, 4) is 22.7 Å². The summed E-state index contributed by atoms with van der Waals surface area (Å²) in [5.74, 6) is 1.40. The molecule has 1 aliphatic rings. The average molecular weight is 404 g/mol. The van der Waals surface area contributed by atoms with Gasteiger partial charge in [0.25, 0.3) is 0 Å². The number of hydrogen-bond acceptors (Lipinski definition) is 4. The Morgan fingerprint density at radius 2 is 1.42 bits per heavy atom. The van der Waals surface area contributed by atoms with Crippen LogP contribution >= 0.6 is 0 Å². The molecular formula is C26H20N4O. The molecule has 0 bridgehead atoms. The predicted molar refractivity (Wildman–Crippen MR) is 123 cm³/mol. The molecule has 0 saturated heterocycles. The lowest BCUT2D eigenvalue weighted by Gasteiger charge is -2.34. The third kappa shape index (κ3) is 3.22. The molecule has 5 heteroatoms. The van der Waals surface area contributed by atoms with Crippen molar-refractivity contribution in [3.05, 3.63) is 122 Å². The molecule has 0 saturated carbocycles. The number of ether oxygens (including phenoxy) is 1. The van der Waals surface area contributed by atoms with Gasteiger partial charge in [0, 0.05) is 5.56 Å². The highest BCUT2D eigenvalue weighted by molar-refractivity contribution is 5.82. The molecule has 0 N–H and O–H groups in total. The number of aromatic nitrogens is 3. The third-order valence-electron chi connectivity index (χ3n) is 5.13. The van der Waals surface area contributed by atoms with Gasteiger partial charge in [-0.2, -0.15) is 0 Å². The van der Waals surface area contributed by atoms with Gasteiger partial charge in [0.1, 0.15) is 5.69 Å². The second kappa shape index (κ2) is 7.80. The van der Waals surface area contributed by atoms with E-state index in [1.165, 1.54) is 0 Å². The largest absolute Gasteiger partial charge is 0.453 e. The molecule has 31 heavy (non-hydrogen) atoms. The van der Waals surface area contributed by atoms with Gasteiger partial charge in [0.05, 0.1) is 29.0 Å². The lowest BCUT2D eigenvalue weighted by atomic mass is 10.1. The maximum atomic E-state index is 6.06. The molecule has 0 atom stereocenters. The van der Waals surface area contributed by atoms with Gasteiger partial charge in [-0.05, 0) is 36.4 Å². The van der Waals surface area contributed by atoms with Crippen LogP contribution in [0, 0.1) is 0 Å². The third-order valence-corrected chi connectivity index (χ3v) is 5.13. The fourth-order valence-electron chi connectivity index (χ4n) is 3.71. The van der Waals surface area contributed by atoms with Gasteiger partial charge in [-0.25, -0.2) is 4.68 Å². The Morgan fingerprint density at radius 1 is 0.742 bits per heavy atom. The Morgan fingerprint density at radius 3 is 2.16 bits per heavy atom. The first kappa shape index (κ1) is 18.6. The highest BCUT2D eigenvalue weighted by Crippen LogP contribution is 2.44. The van der Waals surface area contributed by atoms with Gasteiger partial charge >= 0.3 is 0 Å². The molecule has 0 aliphatic carbocycles. The minimum absolute atomic E-state index is 0.645. The summed E-state index contributed by atoms with van der Waals surface area (Å²) < 4.78 is 7.85. The van der Waals surface area contributed by atoms with E-state index >= 15 is 0 Å². The smallest absolute Gasteiger partial charge is 0.151 e. The molecule has 0 fully saturated rings. The molecule has 150 valence electrons. The monoisotopic (exact) mass is 404 g/mol. The molecule has 3 aromatic carbocycles. The van der Waals surface area contributed by atoms with Crippen LogP contribution in [0.3, 0.4) is 0 Å². The highest BCUT2D eigenvalue weighted by atomic mass is 16.5. The lowest BCUT2D eigenvalue weighted by molar-refractivity contribution is 0.431. The summed E-state index contributed by atoms with van der Waals surface area (Å²) in [6, 6.07) is 26.0. The first-order chi connectivity index (χ1) is 15.3. The van der Waals surface area contributed by atoms with Crippen LogP contribution < -0.4 is 9.64 Å². The number of benzene rings is 3. The molecule has 5 nitrogen and oxygen atoms in total. The molecule has 5 rings (SSSR count). The van der Waals surface area contributed by atoms with Crippen LogP contribution in [0.2, 0.25) is 0 Å². The summed E-state index contributed by atoms with van der Waals surface area (Å²) >= 11 is 0. The van der Waals surface area contributed by atoms with Crippen molar-refractivity contribution in [1.82, 2.24) is 15.0 Å². The van der Waals surface area contributed by atoms with Crippen molar-refractivity contribution < 1.29 is 4.74 Å². The van der Waals surface area contributed by atoms with E-state index in [9.17, 15) is 0 Å². The summed E-state index contributed by atoms with van der Waals surface area (Å²) in [4.78, 5) is 2.11. The van der Waals surface area contributed by atoms with Crippen molar-refractivity contribution >= 4 is 11.4 Å². The Kier molecular flexibility index (Phi) is 4.69. The Labute approximate surface area is 180 Å². The van der Waals surface area contributed by atoms with E-state index < -0.39 is 0 Å². The average Bonchev–Trinajstić information content (AvgIpc) is 3.33. The van der Waals surface area contributed by atoms with E-state index in [1.54, 1.807) is 16.8 Å². The van der Waals surface area contributed by atoms with Gasteiger partial charge in [0.15, 0.2) is 11.5 Å². The Bertz CT molecular complexity index is 1300. The van der Waals surface area contributed by atoms with Crippen molar-refractivity contribution in [2.24, 2.45) is 0 Å². The number of allylic oxidation sites excluding steroid dienone is 2. The van der Waals surface area contributed by atoms with Crippen LogP contribution in [-0.2, 0) is 0 Å². The molecule has 2 heterocycles. The number of para-hydroxylation sites is 4. The van der Waals surface area contributed by atoms with Crippen LogP contribution in [0.1, 0.15) is 0 Å². The molecule has 0 amide bonds. The van der Waals surface area contributed by atoms with Crippen molar-refractivity contribution in [1.29, 1.82) is 0 Å². The van der Waals surface area contributed by atoms with E-state index in [2.05, 4.69) is 28.4 Å². The van der Waals surface area contributed by atoms with Crippen LogP contribution in [0.15, 0.2) is 122 Å². The van der Waals surface area contributed by atoms with Crippen LogP contribution in [-0.4, -0.2) is 15.0 Å². The summed E-state index contributed by atoms with van der Waals surface area (Å²) in [6.07, 6.45) is 5.41. The van der Waals surface area contributed by atoms with E-state index in [-0.39, 0.29) is 0 Å². The maximum absolute atomic E-state index is 6.06. The minimum atomic E-state index is 0.645. The van der Waals surface area contributed by atoms with E-state index in [0.717, 1.165) is 39.8 Å². The van der Waals surface area contributed by atoms with Crippen molar-refractivity contribution in [2.45, 2.75) is 0 Å². The van der Waals surface area contributed by atoms with Crippen LogP contribution in [0.25, 0.3) is 16.9 Å². The number of fused-ring (bicyclic) bond motifs is 1. The first-order valence-electron chi connectivity index (χ1n) is 9.93. The Hall–Kier alpha value is -4.38. The maximum Gasteiger partial charge on any atom is 0.151 e. The van der Waals surface area contributed by atoms with E-state index in [1.807, 2.05) is 85.1 Å². The van der Waals surface area contributed by atoms with Gasteiger partial charge in [0.2, 0.25) is 0 Å². The highest BCUT2D eigenvalue weighted by Gasteiger charge is 2.27. The van der Waals surface area contributed by atoms with Gasteiger partial charge in [-0.1, -0.05) is 73.0 Å². The number of hydrogen-bond donors (Lipinski definition) is 0. The number of anilines is 2. The SMILES string of the molecule is C=CC1=C(C=C)N(c2ccccc2-n2cc(-c3ccccc3)nn2)c2ccccc2O1. The molecule has 0 spiro atoms. The zero-order chi connectivity index (χ0) is 21.2. The predicted octanol–water partition coefficient (Wildman–Crippen LogP) is 6.05. The zero-order valence-corrected chi connectivity index (χ0v) is 16.8. The standard InChI is InChI=1S/C26H20N4O/c1-3-21-25(4-2)31-26-17-11-10-16-24(26)30(21)23-15-9-8-14-22(23)29-18-20(27-28-29)19-12-6-5-7-13-19/h3-18H,1-2H2. The zero-order valence-electron chi connectivity index (χ0n) is 16.8. The van der Waals surface area contributed by atoms with Gasteiger partial charge < -0.3 is 9.64 Å². The van der Waals surface area contributed by atoms with Gasteiger partial charge in [-0.15, -0.1) is 5.10 Å². The van der Waals surface area contributed by atoms with Crippen LogP contribution in [0.4, 0.5) is 11.4 Å². The fourth-order valence-corrected chi connectivity index (χ4v) is 3.71. The van der Waals surface area contributed by atoms with Gasteiger partial charge in [-0.3, -0.25) is 0 Å². The minimum Gasteiger partial charge on any atom is -0.453 e. The van der Waals surface area contributed by atoms with Crippen molar-refractivity contribution in [2.75, 3.05) is 4.90 Å². The summed E-state index contributed by atoms with van der Waals surface area (Å²) in [5.41, 5.74) is 5.37. The number of rotatable bonds is 5. The topological polar surface area (TPSA) is 43.2 Å². The van der Waals surface area contributed by atoms with Crippen molar-refractivity contribution in [3.63, 3.8) is 0 Å². The summed E-state index contributed by atoms with van der Waals surface area (Å²) in [6.45, 7) is 7.93. The van der Waals surface area contributed by atoms with E-state index in [4.69, 9.17) is 4.74 Å². The fraction of sp³-hybridized carbons (Fsp3) is 0. The summed E-state index contributed by atoms with van der Waals surface area (Å²) in [7, 11) is 0. The first-order valence-corrected chi connectivity index (χ1v) is 9.93. The molecule has 0 unspecified atom stereocenters. The second-order valence-corrected chi connectivity index (χ2v) is 6.97. The quantitative estimate of drug-likeness (QED) is 0.406. The Balaban J connectivity index is 1.68. The normalized spacial score (nSPS) is 12.8. The molecule has 1 aromatic heterocycles.